The van der Waals surface area contributed by atoms with Crippen LogP contribution in [0.15, 0.2) is 188 Å². The maximum Gasteiger partial charge on any atom is 0.409 e. The molecule has 6 heterocycles. The normalized spacial score (nSPS) is 20.0. The number of anilines is 3. The third kappa shape index (κ3) is 22.0. The molecular formula is C76H91ClN10O12. The lowest BCUT2D eigenvalue weighted by Crippen LogP contribution is -2.54. The van der Waals surface area contributed by atoms with E-state index in [1.807, 2.05) is 94.7 Å². The maximum atomic E-state index is 12.9. The van der Waals surface area contributed by atoms with Gasteiger partial charge in [-0.1, -0.05) is 135 Å². The van der Waals surface area contributed by atoms with Crippen molar-refractivity contribution in [2.75, 3.05) is 94.9 Å². The Balaban J connectivity index is 0.000000165. The predicted molar refractivity (Wildman–Crippen MR) is 385 cm³/mol. The molecule has 1 unspecified atom stereocenters. The Kier molecular flexibility index (Phi) is 28.4. The number of nitro benzene ring substituents is 1. The van der Waals surface area contributed by atoms with Crippen LogP contribution in [0.2, 0.25) is 0 Å². The number of non-ortho nitro benzene ring substituents is 1. The van der Waals surface area contributed by atoms with Crippen molar-refractivity contribution in [1.82, 2.24) is 25.8 Å². The number of urea groups is 2. The fraction of sp³-hybridized carbons (Fsp3) is 0.368. The van der Waals surface area contributed by atoms with Crippen LogP contribution >= 0.6 is 11.6 Å². The predicted octanol–water partition coefficient (Wildman–Crippen LogP) is 11.7. The largest absolute Gasteiger partial charge is 0.489 e. The Hall–Kier alpha value is -10.0. The quantitative estimate of drug-likeness (QED) is 0.0564. The third-order valence-electron chi connectivity index (χ3n) is 17.8. The number of ether oxygens (including phenoxy) is 4. The first kappa shape index (κ1) is 74.8. The van der Waals surface area contributed by atoms with Gasteiger partial charge in [0.25, 0.3) is 17.5 Å². The van der Waals surface area contributed by atoms with Crippen LogP contribution in [0.3, 0.4) is 0 Å². The van der Waals surface area contributed by atoms with Gasteiger partial charge in [0.05, 0.1) is 22.0 Å². The summed E-state index contributed by atoms with van der Waals surface area (Å²) >= 11 is 4.92. The van der Waals surface area contributed by atoms with Crippen molar-refractivity contribution in [3.05, 3.63) is 215 Å². The zero-order valence-electron chi connectivity index (χ0n) is 55.6. The summed E-state index contributed by atoms with van der Waals surface area (Å²) in [4.78, 5) is 91.3. The molecule has 0 spiro atoms. The fourth-order valence-electron chi connectivity index (χ4n) is 12.6. The number of para-hydroxylation sites is 6. The first-order valence-electron chi connectivity index (χ1n) is 33.3. The van der Waals surface area contributed by atoms with E-state index in [-0.39, 0.29) is 68.5 Å². The highest BCUT2D eigenvalue weighted by molar-refractivity contribution is 6.61. The highest BCUT2D eigenvalue weighted by Gasteiger charge is 2.35. The van der Waals surface area contributed by atoms with Gasteiger partial charge in [0, 0.05) is 71.1 Å². The number of nitrogens with two attached hydrogens (primary N) is 1. The van der Waals surface area contributed by atoms with E-state index < -0.39 is 28.5 Å². The number of nitrogens with zero attached hydrogens (tertiary/aromatic N) is 6. The molecule has 0 aromatic heterocycles. The molecular weight excluding hydrogens is 1280 g/mol. The number of hydrogen-bond donors (Lipinski definition) is 4. The van der Waals surface area contributed by atoms with Gasteiger partial charge in [0.2, 0.25) is 5.91 Å². The summed E-state index contributed by atoms with van der Waals surface area (Å²) in [5.41, 5.74) is 10.9. The minimum Gasteiger partial charge on any atom is -0.489 e. The van der Waals surface area contributed by atoms with Crippen LogP contribution in [-0.2, 0) is 33.6 Å². The van der Waals surface area contributed by atoms with Crippen LogP contribution < -0.4 is 55.3 Å². The number of nitro groups is 1. The number of likely N-dealkylation sites (N-methyl/N-ethyl adjacent to an activating group) is 3. The number of fused-ring (bicyclic) bond motifs is 3. The fourth-order valence-corrected chi connectivity index (χ4v) is 12.7. The number of benzene rings is 7. The van der Waals surface area contributed by atoms with Crippen LogP contribution in [0.25, 0.3) is 0 Å². The topological polar surface area (TPSA) is 261 Å². The molecule has 0 aliphatic carbocycles. The van der Waals surface area contributed by atoms with E-state index in [0.717, 1.165) is 74.6 Å². The second-order valence-electron chi connectivity index (χ2n) is 24.9. The third-order valence-corrected chi connectivity index (χ3v) is 17.8. The van der Waals surface area contributed by atoms with Crippen molar-refractivity contribution in [3.63, 3.8) is 0 Å². The number of nitrogens with one attached hydrogen (secondary N) is 3. The molecule has 7 amide bonds. The van der Waals surface area contributed by atoms with E-state index in [1.165, 1.54) is 78.2 Å². The van der Waals surface area contributed by atoms with Gasteiger partial charge in [-0.25, -0.2) is 14.4 Å². The van der Waals surface area contributed by atoms with Crippen molar-refractivity contribution in [1.29, 1.82) is 0 Å². The Bertz CT molecular complexity index is 3610. The summed E-state index contributed by atoms with van der Waals surface area (Å²) in [6, 6.07) is 56.5. The van der Waals surface area contributed by atoms with Gasteiger partial charge < -0.3 is 65.1 Å². The number of rotatable bonds is 10. The number of halogens is 1. The molecule has 524 valence electrons. The van der Waals surface area contributed by atoms with E-state index in [9.17, 15) is 38.9 Å². The van der Waals surface area contributed by atoms with Gasteiger partial charge in [0.1, 0.15) is 60.9 Å². The lowest BCUT2D eigenvalue weighted by Gasteiger charge is -2.34. The number of likely N-dealkylation sites (tertiary alicyclic amines) is 2. The SMILES string of the molecule is C.CN1C(=O)[C@@H](N)COc2ccccc21.CN1C(=O)[C@@H](NC(=O)N2CCC[C@@H](Cc3ccccc3)C2)COc2ccccc21.CN1C(=O)[C@@H](NC(=O)N2CCC[C@H](Cc3ccccc3)C2)COc2ccccc21.O=C(Cl)Oc1ccc([N+](=O)[O-])cc1.c1ccc(CC2CCCNC2)cc1. The lowest BCUT2D eigenvalue weighted by molar-refractivity contribution is -0.384. The number of carbonyl (C=O) groups is 6. The molecule has 6 aliphatic heterocycles. The van der Waals surface area contributed by atoms with Crippen molar-refractivity contribution < 1.29 is 52.6 Å². The van der Waals surface area contributed by atoms with Gasteiger partial charge in [-0.2, -0.15) is 0 Å². The van der Waals surface area contributed by atoms with Crippen LogP contribution in [0.1, 0.15) is 62.6 Å². The Labute approximate surface area is 584 Å². The number of amides is 7. The standard InChI is InChI=1S/2C23H27N3O3.C12H17N.C10H12N2O2.C7H4ClNO4.CH4/c2*1-25-20-11-5-6-12-21(20)29-16-19(22(25)27)24-23(28)26-13-7-10-18(15-26)14-17-8-3-2-4-9-17;1-2-5-11(6-3-1)9-12-7-4-8-13-10-12;1-12-8-4-2-3-5-9(8)14-6-7(11)10(12)13;8-7(10)13-6-3-1-5(2-4-6)9(11)12;/h2*2-6,8-9,11-12,18-19H,7,10,13-16H2,1H3,(H,24,28);1-3,5-6,12-13H,4,7-10H2;2-5,7H,6,11H2,1H3;1-4H;1H4/t18-,19+;18-,19-;;7-;;/m10.0../s1. The van der Waals surface area contributed by atoms with Gasteiger partial charge in [-0.05, 0) is 154 Å². The van der Waals surface area contributed by atoms with Crippen LogP contribution in [-0.4, -0.2) is 148 Å². The molecule has 0 saturated carbocycles. The highest BCUT2D eigenvalue weighted by atomic mass is 35.5. The molecule has 0 bridgehead atoms. The van der Waals surface area contributed by atoms with Gasteiger partial charge in [0.15, 0.2) is 0 Å². The number of hydrogen-bond acceptors (Lipinski definition) is 14. The Morgan fingerprint density at radius 2 is 0.909 bits per heavy atom. The molecule has 7 aromatic carbocycles. The zero-order valence-corrected chi connectivity index (χ0v) is 56.4. The molecule has 6 atom stereocenters. The molecule has 6 aliphatic rings. The van der Waals surface area contributed by atoms with Gasteiger partial charge in [-0.15, -0.1) is 0 Å². The summed E-state index contributed by atoms with van der Waals surface area (Å²) in [6.45, 7) is 5.77. The first-order chi connectivity index (χ1) is 47.5. The van der Waals surface area contributed by atoms with E-state index in [1.54, 1.807) is 30.9 Å². The first-order valence-corrected chi connectivity index (χ1v) is 33.6. The van der Waals surface area contributed by atoms with Crippen molar-refractivity contribution in [2.45, 2.75) is 83.3 Å². The van der Waals surface area contributed by atoms with Crippen LogP contribution in [0, 0.1) is 27.9 Å². The Morgan fingerprint density at radius 1 is 0.535 bits per heavy atom. The lowest BCUT2D eigenvalue weighted by atomic mass is 9.91. The minimum absolute atomic E-state index is 0. The zero-order chi connectivity index (χ0) is 69.3. The number of piperidine rings is 3. The smallest absolute Gasteiger partial charge is 0.409 e. The van der Waals surface area contributed by atoms with E-state index >= 15 is 0 Å². The molecule has 23 heteroatoms. The number of carbonyl (C=O) groups excluding carboxylic acids is 6. The van der Waals surface area contributed by atoms with Crippen LogP contribution in [0.5, 0.6) is 23.0 Å². The summed E-state index contributed by atoms with van der Waals surface area (Å²) in [5, 5.41) is 19.5. The summed E-state index contributed by atoms with van der Waals surface area (Å²) < 4.78 is 21.5. The van der Waals surface area contributed by atoms with Crippen molar-refractivity contribution in [3.8, 4) is 23.0 Å². The average Bonchev–Trinajstić information content (AvgIpc) is 1.73. The second kappa shape index (κ2) is 37.6. The molecule has 0 radical (unpaired) electrons. The Morgan fingerprint density at radius 3 is 1.30 bits per heavy atom. The van der Waals surface area contributed by atoms with E-state index in [4.69, 9.17) is 31.5 Å². The molecule has 3 fully saturated rings. The second-order valence-corrected chi connectivity index (χ2v) is 25.2. The van der Waals surface area contributed by atoms with E-state index in [2.05, 4.69) is 99.6 Å². The van der Waals surface area contributed by atoms with Gasteiger partial charge >= 0.3 is 17.5 Å². The van der Waals surface area contributed by atoms with Gasteiger partial charge in [-0.3, -0.25) is 24.5 Å². The molecule has 5 N–H and O–H groups in total. The van der Waals surface area contributed by atoms with Crippen LogP contribution in [0.4, 0.5) is 37.1 Å². The highest BCUT2D eigenvalue weighted by Crippen LogP contribution is 2.33. The van der Waals surface area contributed by atoms with Crippen molar-refractivity contribution >= 4 is 69.6 Å². The molecule has 13 rings (SSSR count). The molecule has 3 saturated heterocycles. The minimum atomic E-state index is -0.978. The molecule has 99 heavy (non-hydrogen) atoms. The van der Waals surface area contributed by atoms with Crippen molar-refractivity contribution in [2.24, 2.45) is 23.5 Å². The monoisotopic (exact) mass is 1370 g/mol. The summed E-state index contributed by atoms with van der Waals surface area (Å²) in [7, 11) is 5.13. The van der Waals surface area contributed by atoms with E-state index in [0.29, 0.717) is 42.2 Å². The average molecular weight is 1370 g/mol. The molecule has 22 nitrogen and oxygen atoms in total. The maximum absolute atomic E-state index is 12.9. The summed E-state index contributed by atoms with van der Waals surface area (Å²) in [6.07, 6.45) is 10.1. The summed E-state index contributed by atoms with van der Waals surface area (Å²) in [5.74, 6) is 3.46. The molecule has 7 aromatic rings.